The summed E-state index contributed by atoms with van der Waals surface area (Å²) in [4.78, 5) is 0. The van der Waals surface area contributed by atoms with E-state index in [9.17, 15) is 0 Å². The van der Waals surface area contributed by atoms with Crippen LogP contribution in [0.2, 0.25) is 0 Å². The first kappa shape index (κ1) is 22.0. The average molecular weight is 339 g/mol. The molecular formula is C23H46O. The number of unbranched alkanes of at least 4 members (excludes halogenated alkanes) is 13. The summed E-state index contributed by atoms with van der Waals surface area (Å²) in [5.74, 6) is 0.791. The van der Waals surface area contributed by atoms with E-state index < -0.39 is 0 Å². The van der Waals surface area contributed by atoms with Gasteiger partial charge >= 0.3 is 0 Å². The topological polar surface area (TPSA) is 12.5 Å². The minimum absolute atomic E-state index is 0.606. The molecule has 1 heterocycles. The highest BCUT2D eigenvalue weighted by Crippen LogP contribution is 2.35. The van der Waals surface area contributed by atoms with Crippen LogP contribution < -0.4 is 0 Å². The number of hydrogen-bond donors (Lipinski definition) is 0. The molecule has 1 aliphatic rings. The Kier molecular flexibility index (Phi) is 14.0. The van der Waals surface area contributed by atoms with E-state index in [1.807, 2.05) is 0 Å². The molecular weight excluding hydrogens is 292 g/mol. The molecule has 0 radical (unpaired) electrons. The first-order chi connectivity index (χ1) is 11.8. The molecule has 0 spiro atoms. The summed E-state index contributed by atoms with van der Waals surface area (Å²) in [6.07, 6.45) is 25.3. The summed E-state index contributed by atoms with van der Waals surface area (Å²) in [5, 5.41) is 0. The van der Waals surface area contributed by atoms with Crippen molar-refractivity contribution in [1.82, 2.24) is 0 Å². The van der Waals surface area contributed by atoms with Gasteiger partial charge in [-0.3, -0.25) is 0 Å². The molecule has 3 unspecified atom stereocenters. The maximum atomic E-state index is 5.93. The summed E-state index contributed by atoms with van der Waals surface area (Å²) in [6, 6.07) is 0. The zero-order valence-corrected chi connectivity index (χ0v) is 17.2. The average Bonchev–Trinajstić information content (AvgIpc) is 3.36. The van der Waals surface area contributed by atoms with Crippen LogP contribution in [-0.4, -0.2) is 12.2 Å². The molecule has 0 amide bonds. The zero-order valence-electron chi connectivity index (χ0n) is 17.2. The van der Waals surface area contributed by atoms with Gasteiger partial charge in [0.25, 0.3) is 0 Å². The Morgan fingerprint density at radius 3 is 1.62 bits per heavy atom. The van der Waals surface area contributed by atoms with E-state index in [0.29, 0.717) is 12.2 Å². The number of epoxide rings is 1. The van der Waals surface area contributed by atoms with Gasteiger partial charge in [-0.2, -0.15) is 0 Å². The lowest BCUT2D eigenvalue weighted by Crippen LogP contribution is -2.07. The molecule has 1 saturated heterocycles. The van der Waals surface area contributed by atoms with Crippen LogP contribution in [0.3, 0.4) is 0 Å². The standard InChI is InChI=1S/C23H46O/c1-4-6-8-10-11-12-13-14-15-16-18-20-22-23(24-22)21(3)19-17-9-7-5-2/h21-23H,4-20H2,1-3H3. The summed E-state index contributed by atoms with van der Waals surface area (Å²) in [6.45, 7) is 6.98. The Labute approximate surface area is 153 Å². The first-order valence-corrected chi connectivity index (χ1v) is 11.4. The van der Waals surface area contributed by atoms with Crippen LogP contribution in [0.15, 0.2) is 0 Å². The van der Waals surface area contributed by atoms with Crippen LogP contribution in [0.1, 0.15) is 130 Å². The van der Waals surface area contributed by atoms with Crippen LogP contribution in [0.5, 0.6) is 0 Å². The predicted molar refractivity (Wildman–Crippen MR) is 108 cm³/mol. The Balaban J connectivity index is 1.79. The Morgan fingerprint density at radius 1 is 0.625 bits per heavy atom. The van der Waals surface area contributed by atoms with Crippen molar-refractivity contribution in [2.45, 2.75) is 142 Å². The fourth-order valence-electron chi connectivity index (χ4n) is 3.96. The van der Waals surface area contributed by atoms with Gasteiger partial charge in [-0.1, -0.05) is 117 Å². The molecule has 0 bridgehead atoms. The molecule has 1 aliphatic heterocycles. The second-order valence-corrected chi connectivity index (χ2v) is 8.29. The van der Waals surface area contributed by atoms with Gasteiger partial charge in [0.2, 0.25) is 0 Å². The summed E-state index contributed by atoms with van der Waals surface area (Å²) < 4.78 is 5.93. The minimum atomic E-state index is 0.606. The van der Waals surface area contributed by atoms with Gasteiger partial charge in [0.1, 0.15) is 0 Å². The molecule has 1 heteroatoms. The van der Waals surface area contributed by atoms with E-state index >= 15 is 0 Å². The Morgan fingerprint density at radius 2 is 1.08 bits per heavy atom. The highest BCUT2D eigenvalue weighted by molar-refractivity contribution is 4.88. The predicted octanol–water partition coefficient (Wildman–Crippen LogP) is 8.06. The van der Waals surface area contributed by atoms with Gasteiger partial charge in [-0.05, 0) is 18.8 Å². The maximum absolute atomic E-state index is 5.93. The van der Waals surface area contributed by atoms with Crippen LogP contribution in [0.25, 0.3) is 0 Å². The lowest BCUT2D eigenvalue weighted by atomic mass is 9.96. The van der Waals surface area contributed by atoms with Crippen LogP contribution in [0.4, 0.5) is 0 Å². The van der Waals surface area contributed by atoms with E-state index in [0.717, 1.165) is 5.92 Å². The van der Waals surface area contributed by atoms with Crippen molar-refractivity contribution >= 4 is 0 Å². The second-order valence-electron chi connectivity index (χ2n) is 8.29. The number of rotatable bonds is 18. The van der Waals surface area contributed by atoms with Gasteiger partial charge in [-0.15, -0.1) is 0 Å². The van der Waals surface area contributed by atoms with Crippen molar-refractivity contribution in [3.05, 3.63) is 0 Å². The molecule has 24 heavy (non-hydrogen) atoms. The third-order valence-corrected chi connectivity index (χ3v) is 5.79. The Hall–Kier alpha value is -0.0400. The molecule has 1 rings (SSSR count). The van der Waals surface area contributed by atoms with Crippen molar-refractivity contribution in [2.24, 2.45) is 5.92 Å². The maximum Gasteiger partial charge on any atom is 0.0867 e. The van der Waals surface area contributed by atoms with Crippen molar-refractivity contribution in [1.29, 1.82) is 0 Å². The summed E-state index contributed by atoms with van der Waals surface area (Å²) in [7, 11) is 0. The molecule has 0 aromatic rings. The second kappa shape index (κ2) is 15.2. The quantitative estimate of drug-likeness (QED) is 0.182. The summed E-state index contributed by atoms with van der Waals surface area (Å²) >= 11 is 0. The van der Waals surface area contributed by atoms with Crippen molar-refractivity contribution < 1.29 is 4.74 Å². The van der Waals surface area contributed by atoms with Gasteiger partial charge in [0, 0.05) is 0 Å². The van der Waals surface area contributed by atoms with Crippen molar-refractivity contribution in [3.8, 4) is 0 Å². The molecule has 0 saturated carbocycles. The van der Waals surface area contributed by atoms with Crippen molar-refractivity contribution in [2.75, 3.05) is 0 Å². The highest BCUT2D eigenvalue weighted by atomic mass is 16.6. The van der Waals surface area contributed by atoms with Crippen LogP contribution in [0, 0.1) is 5.92 Å². The third-order valence-electron chi connectivity index (χ3n) is 5.79. The highest BCUT2D eigenvalue weighted by Gasteiger charge is 2.41. The molecule has 0 aromatic carbocycles. The third kappa shape index (κ3) is 11.5. The van der Waals surface area contributed by atoms with E-state index in [2.05, 4.69) is 20.8 Å². The molecule has 0 N–H and O–H groups in total. The van der Waals surface area contributed by atoms with Crippen LogP contribution in [-0.2, 0) is 4.74 Å². The van der Waals surface area contributed by atoms with E-state index in [-0.39, 0.29) is 0 Å². The molecule has 144 valence electrons. The van der Waals surface area contributed by atoms with E-state index in [1.54, 1.807) is 0 Å². The molecule has 1 fully saturated rings. The zero-order chi connectivity index (χ0) is 17.5. The number of hydrogen-bond acceptors (Lipinski definition) is 1. The monoisotopic (exact) mass is 338 g/mol. The van der Waals surface area contributed by atoms with Gasteiger partial charge in [0.15, 0.2) is 0 Å². The smallest absolute Gasteiger partial charge is 0.0867 e. The molecule has 1 nitrogen and oxygen atoms in total. The fraction of sp³-hybridized carbons (Fsp3) is 1.00. The van der Waals surface area contributed by atoms with E-state index in [1.165, 1.54) is 109 Å². The Bertz CT molecular complexity index is 263. The first-order valence-electron chi connectivity index (χ1n) is 11.4. The fourth-order valence-corrected chi connectivity index (χ4v) is 3.96. The van der Waals surface area contributed by atoms with Gasteiger partial charge in [0.05, 0.1) is 12.2 Å². The lowest BCUT2D eigenvalue weighted by molar-refractivity contribution is 0.308. The largest absolute Gasteiger partial charge is 0.369 e. The van der Waals surface area contributed by atoms with Gasteiger partial charge in [-0.25, -0.2) is 0 Å². The van der Waals surface area contributed by atoms with Gasteiger partial charge < -0.3 is 4.74 Å². The normalized spacial score (nSPS) is 21.1. The lowest BCUT2D eigenvalue weighted by Gasteiger charge is -2.07. The minimum Gasteiger partial charge on any atom is -0.369 e. The number of ether oxygens (including phenoxy) is 1. The van der Waals surface area contributed by atoms with Crippen molar-refractivity contribution in [3.63, 3.8) is 0 Å². The van der Waals surface area contributed by atoms with Crippen LogP contribution >= 0.6 is 0 Å². The van der Waals surface area contributed by atoms with E-state index in [4.69, 9.17) is 4.74 Å². The molecule has 0 aromatic heterocycles. The molecule has 3 atom stereocenters. The SMILES string of the molecule is CCCCCCCCCCCCCC1OC1C(C)CCCCCC. The summed E-state index contributed by atoms with van der Waals surface area (Å²) in [5.41, 5.74) is 0. The molecule has 0 aliphatic carbocycles.